The van der Waals surface area contributed by atoms with E-state index in [1.54, 1.807) is 10.8 Å². The smallest absolute Gasteiger partial charge is 0.328 e. The third-order valence-corrected chi connectivity index (χ3v) is 3.03. The third-order valence-electron chi connectivity index (χ3n) is 1.67. The number of hydrogen-bond donors (Lipinski definition) is 2. The maximum atomic E-state index is 11.6. The molecule has 0 heterocycles. The largest absolute Gasteiger partial charge is 0.478 e. The molecule has 0 spiro atoms. The van der Waals surface area contributed by atoms with E-state index in [-0.39, 0.29) is 4.90 Å². The average Bonchev–Trinajstić information content (AvgIpc) is 2.27. The molecule has 0 aliphatic carbocycles. The van der Waals surface area contributed by atoms with Crippen LogP contribution in [0.1, 0.15) is 0 Å². The predicted octanol–water partition coefficient (Wildman–Crippen LogP) is 0.132. The summed E-state index contributed by atoms with van der Waals surface area (Å²) >= 11 is 0. The molecule has 0 saturated heterocycles. The SMILES string of the molecule is O=C(O)/C=C\C(=O)NS(=O)(=O)c1ccccc1. The molecule has 7 heteroatoms. The highest BCUT2D eigenvalue weighted by atomic mass is 32.2. The number of carboxylic acids is 1. The second kappa shape index (κ2) is 5.26. The monoisotopic (exact) mass is 255 g/mol. The van der Waals surface area contributed by atoms with Crippen LogP contribution in [0.3, 0.4) is 0 Å². The maximum absolute atomic E-state index is 11.6. The van der Waals surface area contributed by atoms with Crippen LogP contribution in [0.4, 0.5) is 0 Å². The molecule has 0 fully saturated rings. The Morgan fingerprint density at radius 3 is 2.24 bits per heavy atom. The van der Waals surface area contributed by atoms with Crippen molar-refractivity contribution in [2.75, 3.05) is 0 Å². The Hall–Kier alpha value is -2.15. The Labute approximate surface area is 97.6 Å². The van der Waals surface area contributed by atoms with E-state index in [1.165, 1.54) is 24.3 Å². The summed E-state index contributed by atoms with van der Waals surface area (Å²) in [6.45, 7) is 0. The molecule has 0 aliphatic heterocycles. The lowest BCUT2D eigenvalue weighted by Crippen LogP contribution is -2.29. The van der Waals surface area contributed by atoms with Crippen molar-refractivity contribution in [2.45, 2.75) is 4.90 Å². The summed E-state index contributed by atoms with van der Waals surface area (Å²) in [5, 5.41) is 8.26. The Kier molecular flexibility index (Phi) is 4.00. The summed E-state index contributed by atoms with van der Waals surface area (Å²) < 4.78 is 24.9. The van der Waals surface area contributed by atoms with Gasteiger partial charge in [0.25, 0.3) is 15.9 Å². The molecule has 1 amide bonds. The number of carbonyl (C=O) groups is 2. The van der Waals surface area contributed by atoms with E-state index in [4.69, 9.17) is 5.11 Å². The van der Waals surface area contributed by atoms with E-state index in [0.717, 1.165) is 0 Å². The molecule has 0 bridgehead atoms. The molecule has 0 saturated carbocycles. The molecule has 1 rings (SSSR count). The van der Waals surface area contributed by atoms with Crippen LogP contribution in [0.2, 0.25) is 0 Å². The number of carboxylic acid groups (broad SMARTS) is 1. The van der Waals surface area contributed by atoms with E-state index in [9.17, 15) is 18.0 Å². The first-order chi connectivity index (χ1) is 7.92. The zero-order valence-corrected chi connectivity index (χ0v) is 9.35. The lowest BCUT2D eigenvalue weighted by molar-refractivity contribution is -0.131. The second-order valence-corrected chi connectivity index (χ2v) is 4.64. The van der Waals surface area contributed by atoms with Crippen molar-refractivity contribution in [3.05, 3.63) is 42.5 Å². The van der Waals surface area contributed by atoms with Crippen LogP contribution in [-0.2, 0) is 19.6 Å². The normalized spacial score (nSPS) is 11.3. The first-order valence-corrected chi connectivity index (χ1v) is 5.93. The van der Waals surface area contributed by atoms with Crippen molar-refractivity contribution in [3.8, 4) is 0 Å². The number of aliphatic carboxylic acids is 1. The van der Waals surface area contributed by atoms with Gasteiger partial charge in [-0.25, -0.2) is 17.9 Å². The van der Waals surface area contributed by atoms with E-state index < -0.39 is 21.9 Å². The number of sulfonamides is 1. The zero-order chi connectivity index (χ0) is 12.9. The molecule has 1 aromatic rings. The molecular weight excluding hydrogens is 246 g/mol. The first-order valence-electron chi connectivity index (χ1n) is 4.44. The minimum atomic E-state index is -3.95. The van der Waals surface area contributed by atoms with Crippen LogP contribution in [0.15, 0.2) is 47.4 Å². The van der Waals surface area contributed by atoms with Crippen molar-refractivity contribution in [2.24, 2.45) is 0 Å². The molecule has 1 aromatic carbocycles. The van der Waals surface area contributed by atoms with E-state index in [1.807, 2.05) is 0 Å². The summed E-state index contributed by atoms with van der Waals surface area (Å²) in [7, 11) is -3.95. The molecule has 0 radical (unpaired) electrons. The summed E-state index contributed by atoms with van der Waals surface area (Å²) in [5.41, 5.74) is 0. The van der Waals surface area contributed by atoms with Crippen LogP contribution >= 0.6 is 0 Å². The minimum absolute atomic E-state index is 0.0722. The van der Waals surface area contributed by atoms with Gasteiger partial charge >= 0.3 is 5.97 Å². The van der Waals surface area contributed by atoms with Gasteiger partial charge in [0, 0.05) is 12.2 Å². The molecule has 2 N–H and O–H groups in total. The van der Waals surface area contributed by atoms with E-state index >= 15 is 0 Å². The van der Waals surface area contributed by atoms with Crippen molar-refractivity contribution in [1.29, 1.82) is 0 Å². The summed E-state index contributed by atoms with van der Waals surface area (Å²) in [6, 6.07) is 7.27. The molecule has 0 atom stereocenters. The zero-order valence-electron chi connectivity index (χ0n) is 8.53. The molecule has 90 valence electrons. The Morgan fingerprint density at radius 2 is 1.71 bits per heavy atom. The highest BCUT2D eigenvalue weighted by Crippen LogP contribution is 2.06. The molecule has 17 heavy (non-hydrogen) atoms. The third kappa shape index (κ3) is 4.07. The predicted molar refractivity (Wildman–Crippen MR) is 58.5 cm³/mol. The number of amides is 1. The standard InChI is InChI=1S/C10H9NO5S/c12-9(6-7-10(13)14)11-17(15,16)8-4-2-1-3-5-8/h1-7H,(H,11,12)(H,13,14)/b7-6-. The summed E-state index contributed by atoms with van der Waals surface area (Å²) in [4.78, 5) is 21.1. The second-order valence-electron chi connectivity index (χ2n) is 2.95. The fraction of sp³-hybridized carbons (Fsp3) is 0. The lowest BCUT2D eigenvalue weighted by atomic mass is 10.4. The quantitative estimate of drug-likeness (QED) is 0.745. The molecular formula is C10H9NO5S. The highest BCUT2D eigenvalue weighted by Gasteiger charge is 2.15. The number of nitrogens with one attached hydrogen (secondary N) is 1. The molecule has 0 aromatic heterocycles. The Morgan fingerprint density at radius 1 is 1.12 bits per heavy atom. The van der Waals surface area contributed by atoms with Gasteiger partial charge in [0.2, 0.25) is 0 Å². The van der Waals surface area contributed by atoms with Gasteiger partial charge < -0.3 is 5.11 Å². The van der Waals surface area contributed by atoms with Gasteiger partial charge in [0.15, 0.2) is 0 Å². The van der Waals surface area contributed by atoms with Crippen molar-refractivity contribution in [1.82, 2.24) is 4.72 Å². The van der Waals surface area contributed by atoms with Crippen LogP contribution in [-0.4, -0.2) is 25.4 Å². The van der Waals surface area contributed by atoms with Gasteiger partial charge in [-0.05, 0) is 12.1 Å². The molecule has 0 aliphatic rings. The van der Waals surface area contributed by atoms with Gasteiger partial charge in [0.05, 0.1) is 4.90 Å². The summed E-state index contributed by atoms with van der Waals surface area (Å²) in [6.07, 6.45) is 1.18. The maximum Gasteiger partial charge on any atom is 0.328 e. The van der Waals surface area contributed by atoms with Gasteiger partial charge in [-0.3, -0.25) is 4.79 Å². The number of benzene rings is 1. The van der Waals surface area contributed by atoms with Crippen molar-refractivity contribution >= 4 is 21.9 Å². The lowest BCUT2D eigenvalue weighted by Gasteiger charge is -2.03. The molecule has 0 unspecified atom stereocenters. The topological polar surface area (TPSA) is 101 Å². The fourth-order valence-corrected chi connectivity index (χ4v) is 1.94. The minimum Gasteiger partial charge on any atom is -0.478 e. The number of carbonyl (C=O) groups excluding carboxylic acids is 1. The molecule has 6 nitrogen and oxygen atoms in total. The van der Waals surface area contributed by atoms with Gasteiger partial charge in [-0.1, -0.05) is 18.2 Å². The Bertz CT molecular complexity index is 547. The van der Waals surface area contributed by atoms with Crippen molar-refractivity contribution in [3.63, 3.8) is 0 Å². The summed E-state index contributed by atoms with van der Waals surface area (Å²) in [5.74, 6) is -2.35. The van der Waals surface area contributed by atoms with Crippen LogP contribution in [0.5, 0.6) is 0 Å². The first kappa shape index (κ1) is 12.9. The number of rotatable bonds is 4. The van der Waals surface area contributed by atoms with Crippen molar-refractivity contribution < 1.29 is 23.1 Å². The van der Waals surface area contributed by atoms with Crippen LogP contribution in [0.25, 0.3) is 0 Å². The Balaban J connectivity index is 2.82. The average molecular weight is 255 g/mol. The fourth-order valence-electron chi connectivity index (χ4n) is 0.972. The van der Waals surface area contributed by atoms with Gasteiger partial charge in [0.1, 0.15) is 0 Å². The number of hydrogen-bond acceptors (Lipinski definition) is 4. The van der Waals surface area contributed by atoms with E-state index in [2.05, 4.69) is 0 Å². The highest BCUT2D eigenvalue weighted by molar-refractivity contribution is 7.90. The van der Waals surface area contributed by atoms with Gasteiger partial charge in [-0.2, -0.15) is 0 Å². The van der Waals surface area contributed by atoms with Crippen LogP contribution in [0, 0.1) is 0 Å². The van der Waals surface area contributed by atoms with Crippen LogP contribution < -0.4 is 4.72 Å². The van der Waals surface area contributed by atoms with E-state index in [0.29, 0.717) is 12.2 Å². The van der Waals surface area contributed by atoms with Gasteiger partial charge in [-0.15, -0.1) is 0 Å².